The first kappa shape index (κ1) is 15.2. The van der Waals surface area contributed by atoms with Crippen molar-refractivity contribution in [2.75, 3.05) is 20.6 Å². The highest BCUT2D eigenvalue weighted by Gasteiger charge is 2.60. The summed E-state index contributed by atoms with van der Waals surface area (Å²) < 4.78 is 0. The number of hydrogen-bond donors (Lipinski definition) is 1. The van der Waals surface area contributed by atoms with E-state index in [1.165, 1.54) is 5.57 Å². The van der Waals surface area contributed by atoms with Crippen molar-refractivity contribution in [3.63, 3.8) is 0 Å². The zero-order valence-corrected chi connectivity index (χ0v) is 12.9. The standard InChI is InChI=1S/C15H28N2O/c1-10(2)8-12-13(15(12,4)5)14(18)16-9-11(3)17(6)7/h8,11-13H,9H2,1-7H3,(H,16,18). The van der Waals surface area contributed by atoms with Crippen molar-refractivity contribution in [2.24, 2.45) is 17.3 Å². The second-order valence-electron chi connectivity index (χ2n) is 6.63. The first-order valence-electron chi connectivity index (χ1n) is 6.77. The average Bonchev–Trinajstić information content (AvgIpc) is 2.75. The monoisotopic (exact) mass is 252 g/mol. The molecule has 0 aromatic carbocycles. The molecule has 1 fully saturated rings. The summed E-state index contributed by atoms with van der Waals surface area (Å²) in [6.07, 6.45) is 2.24. The van der Waals surface area contributed by atoms with Gasteiger partial charge >= 0.3 is 0 Å². The SMILES string of the molecule is CC(C)=CC1C(C(=O)NCC(C)N(C)C)C1(C)C. The van der Waals surface area contributed by atoms with E-state index >= 15 is 0 Å². The van der Waals surface area contributed by atoms with Crippen LogP contribution in [0.15, 0.2) is 11.6 Å². The molecule has 3 unspecified atom stereocenters. The van der Waals surface area contributed by atoms with Crippen molar-refractivity contribution in [1.82, 2.24) is 10.2 Å². The molecule has 1 N–H and O–H groups in total. The lowest BCUT2D eigenvalue weighted by molar-refractivity contribution is -0.123. The third-order valence-corrected chi connectivity index (χ3v) is 4.16. The van der Waals surface area contributed by atoms with Gasteiger partial charge in [0, 0.05) is 12.6 Å². The van der Waals surface area contributed by atoms with E-state index in [2.05, 4.69) is 50.9 Å². The molecular weight excluding hydrogens is 224 g/mol. The van der Waals surface area contributed by atoms with E-state index < -0.39 is 0 Å². The number of rotatable bonds is 5. The van der Waals surface area contributed by atoms with Crippen LogP contribution in [0.25, 0.3) is 0 Å². The maximum atomic E-state index is 12.2. The molecule has 0 heterocycles. The Labute approximate surface area is 112 Å². The minimum atomic E-state index is 0.114. The van der Waals surface area contributed by atoms with Crippen molar-refractivity contribution < 1.29 is 4.79 Å². The van der Waals surface area contributed by atoms with Crippen LogP contribution in [-0.2, 0) is 4.79 Å². The Kier molecular flexibility index (Phi) is 4.60. The Balaban J connectivity index is 2.52. The lowest BCUT2D eigenvalue weighted by Crippen LogP contribution is -2.39. The summed E-state index contributed by atoms with van der Waals surface area (Å²) in [4.78, 5) is 14.3. The van der Waals surface area contributed by atoms with Gasteiger partial charge in [0.25, 0.3) is 0 Å². The van der Waals surface area contributed by atoms with Crippen LogP contribution in [0.2, 0.25) is 0 Å². The fourth-order valence-corrected chi connectivity index (χ4v) is 2.39. The largest absolute Gasteiger partial charge is 0.354 e. The molecule has 1 aliphatic rings. The molecule has 3 atom stereocenters. The van der Waals surface area contributed by atoms with E-state index in [1.54, 1.807) is 0 Å². The van der Waals surface area contributed by atoms with Gasteiger partial charge in [0.15, 0.2) is 0 Å². The number of nitrogens with zero attached hydrogens (tertiary/aromatic N) is 1. The van der Waals surface area contributed by atoms with Gasteiger partial charge in [-0.2, -0.15) is 0 Å². The molecule has 0 radical (unpaired) electrons. The molecule has 1 amide bonds. The van der Waals surface area contributed by atoms with Gasteiger partial charge in [-0.15, -0.1) is 0 Å². The normalized spacial score (nSPS) is 26.7. The summed E-state index contributed by atoms with van der Waals surface area (Å²) in [5.74, 6) is 0.745. The molecule has 104 valence electrons. The molecule has 18 heavy (non-hydrogen) atoms. The fraction of sp³-hybridized carbons (Fsp3) is 0.800. The van der Waals surface area contributed by atoms with E-state index in [1.807, 2.05) is 14.1 Å². The van der Waals surface area contributed by atoms with Crippen molar-refractivity contribution in [3.05, 3.63) is 11.6 Å². The van der Waals surface area contributed by atoms with E-state index in [0.717, 1.165) is 6.54 Å². The molecule has 0 spiro atoms. The summed E-state index contributed by atoms with van der Waals surface area (Å²) in [5, 5.41) is 3.07. The van der Waals surface area contributed by atoms with Gasteiger partial charge in [0.1, 0.15) is 0 Å². The Morgan fingerprint density at radius 3 is 2.39 bits per heavy atom. The summed E-state index contributed by atoms with van der Waals surface area (Å²) >= 11 is 0. The molecule has 1 saturated carbocycles. The predicted octanol–water partition coefficient (Wildman–Crippen LogP) is 2.29. The number of carbonyl (C=O) groups excluding carboxylic acids is 1. The van der Waals surface area contributed by atoms with Gasteiger partial charge in [0.05, 0.1) is 5.92 Å². The fourth-order valence-electron chi connectivity index (χ4n) is 2.39. The number of likely N-dealkylation sites (N-methyl/N-ethyl adjacent to an activating group) is 1. The zero-order chi connectivity index (χ0) is 14.1. The Morgan fingerprint density at radius 2 is 1.94 bits per heavy atom. The molecule has 1 rings (SSSR count). The first-order valence-corrected chi connectivity index (χ1v) is 6.77. The topological polar surface area (TPSA) is 32.3 Å². The number of nitrogens with one attached hydrogen (secondary N) is 1. The van der Waals surface area contributed by atoms with Crippen LogP contribution in [0.4, 0.5) is 0 Å². The van der Waals surface area contributed by atoms with Crippen LogP contribution in [0.5, 0.6) is 0 Å². The van der Waals surface area contributed by atoms with Gasteiger partial charge in [-0.25, -0.2) is 0 Å². The minimum Gasteiger partial charge on any atom is -0.354 e. The highest BCUT2D eigenvalue weighted by Crippen LogP contribution is 2.59. The van der Waals surface area contributed by atoms with Crippen LogP contribution in [0.1, 0.15) is 34.6 Å². The second-order valence-corrected chi connectivity index (χ2v) is 6.63. The molecule has 3 heteroatoms. The number of amides is 1. The smallest absolute Gasteiger partial charge is 0.224 e. The van der Waals surface area contributed by atoms with E-state index in [-0.39, 0.29) is 17.2 Å². The zero-order valence-electron chi connectivity index (χ0n) is 12.9. The molecule has 1 aliphatic carbocycles. The molecular formula is C15H28N2O. The highest BCUT2D eigenvalue weighted by molar-refractivity contribution is 5.83. The van der Waals surface area contributed by atoms with Crippen LogP contribution in [0, 0.1) is 17.3 Å². The lowest BCUT2D eigenvalue weighted by atomic mass is 10.1. The summed E-state index contributed by atoms with van der Waals surface area (Å²) in [7, 11) is 4.06. The van der Waals surface area contributed by atoms with Gasteiger partial charge in [-0.3, -0.25) is 4.79 Å². The third-order valence-electron chi connectivity index (χ3n) is 4.16. The van der Waals surface area contributed by atoms with Crippen molar-refractivity contribution in [2.45, 2.75) is 40.7 Å². The molecule has 3 nitrogen and oxygen atoms in total. The quantitative estimate of drug-likeness (QED) is 0.761. The first-order chi connectivity index (χ1) is 8.17. The molecule has 0 aromatic rings. The molecule has 0 aliphatic heterocycles. The average molecular weight is 252 g/mol. The van der Waals surface area contributed by atoms with Crippen molar-refractivity contribution >= 4 is 5.91 Å². The number of allylic oxidation sites excluding steroid dienone is 2. The maximum Gasteiger partial charge on any atom is 0.224 e. The second kappa shape index (κ2) is 5.43. The Hall–Kier alpha value is -0.830. The van der Waals surface area contributed by atoms with Crippen LogP contribution in [-0.4, -0.2) is 37.5 Å². The summed E-state index contributed by atoms with van der Waals surface area (Å²) in [5.41, 5.74) is 1.41. The molecule has 0 aromatic heterocycles. The third kappa shape index (κ3) is 3.35. The highest BCUT2D eigenvalue weighted by atomic mass is 16.2. The van der Waals surface area contributed by atoms with Crippen LogP contribution in [0.3, 0.4) is 0 Å². The van der Waals surface area contributed by atoms with E-state index in [0.29, 0.717) is 12.0 Å². The summed E-state index contributed by atoms with van der Waals surface area (Å²) in [6, 6.07) is 0.373. The van der Waals surface area contributed by atoms with Crippen LogP contribution < -0.4 is 5.32 Å². The minimum absolute atomic E-state index is 0.114. The van der Waals surface area contributed by atoms with Gasteiger partial charge in [0.2, 0.25) is 5.91 Å². The van der Waals surface area contributed by atoms with Crippen molar-refractivity contribution in [3.8, 4) is 0 Å². The summed E-state index contributed by atoms with van der Waals surface area (Å²) in [6.45, 7) is 11.4. The molecule has 0 bridgehead atoms. The Bertz CT molecular complexity index is 340. The van der Waals surface area contributed by atoms with E-state index in [4.69, 9.17) is 0 Å². The molecule has 0 saturated heterocycles. The van der Waals surface area contributed by atoms with Gasteiger partial charge in [-0.05, 0) is 46.2 Å². The van der Waals surface area contributed by atoms with E-state index in [9.17, 15) is 4.79 Å². The van der Waals surface area contributed by atoms with Crippen LogP contribution >= 0.6 is 0 Å². The lowest BCUT2D eigenvalue weighted by Gasteiger charge is -2.20. The number of hydrogen-bond acceptors (Lipinski definition) is 2. The van der Waals surface area contributed by atoms with Gasteiger partial charge < -0.3 is 10.2 Å². The maximum absolute atomic E-state index is 12.2. The Morgan fingerprint density at radius 1 is 1.39 bits per heavy atom. The predicted molar refractivity (Wildman–Crippen MR) is 76.4 cm³/mol. The number of carbonyl (C=O) groups is 1. The van der Waals surface area contributed by atoms with Crippen molar-refractivity contribution in [1.29, 1.82) is 0 Å². The van der Waals surface area contributed by atoms with Gasteiger partial charge in [-0.1, -0.05) is 25.5 Å².